The zero-order chi connectivity index (χ0) is 17.1. The van der Waals surface area contributed by atoms with Gasteiger partial charge in [0.2, 0.25) is 0 Å². The van der Waals surface area contributed by atoms with E-state index in [4.69, 9.17) is 0 Å². The molecule has 0 atom stereocenters. The van der Waals surface area contributed by atoms with Gasteiger partial charge in [0.05, 0.1) is 11.3 Å². The molecule has 3 nitrogen and oxygen atoms in total. The number of aryl methyl sites for hydroxylation is 1. The predicted molar refractivity (Wildman–Crippen MR) is 82.3 cm³/mol. The van der Waals surface area contributed by atoms with Crippen LogP contribution in [0.15, 0.2) is 12.1 Å². The van der Waals surface area contributed by atoms with Gasteiger partial charge in [0, 0.05) is 6.04 Å². The Morgan fingerprint density at radius 1 is 1.08 bits per heavy atom. The summed E-state index contributed by atoms with van der Waals surface area (Å²) in [5, 5.41) is 3.12. The van der Waals surface area contributed by atoms with Crippen LogP contribution in [0, 0.1) is 30.6 Å². The first-order chi connectivity index (χ1) is 11.3. The molecular formula is C18H21F3N2O. The zero-order valence-corrected chi connectivity index (χ0v) is 13.6. The van der Waals surface area contributed by atoms with Crippen molar-refractivity contribution in [2.45, 2.75) is 51.2 Å². The number of pyridine rings is 1. The second-order valence-electron chi connectivity index (χ2n) is 7.76. The third kappa shape index (κ3) is 2.70. The quantitative estimate of drug-likeness (QED) is 0.887. The van der Waals surface area contributed by atoms with Crippen molar-refractivity contribution in [1.29, 1.82) is 0 Å². The van der Waals surface area contributed by atoms with Crippen molar-refractivity contribution in [2.24, 2.45) is 23.7 Å². The third-order valence-electron chi connectivity index (χ3n) is 6.15. The van der Waals surface area contributed by atoms with Gasteiger partial charge < -0.3 is 5.32 Å². The number of halogens is 3. The number of aromatic nitrogens is 1. The SMILES string of the molecule is Cc1nc(C(F)(F)F)ccc1C(=O)NC1C2CC3CC(C2)CC1C3. The van der Waals surface area contributed by atoms with Gasteiger partial charge in [-0.2, -0.15) is 13.2 Å². The maximum atomic E-state index is 12.7. The van der Waals surface area contributed by atoms with E-state index in [0.29, 0.717) is 11.8 Å². The van der Waals surface area contributed by atoms with Crippen LogP contribution in [0.5, 0.6) is 0 Å². The van der Waals surface area contributed by atoms with E-state index in [1.807, 2.05) is 0 Å². The van der Waals surface area contributed by atoms with Gasteiger partial charge >= 0.3 is 6.18 Å². The average Bonchev–Trinajstić information content (AvgIpc) is 2.49. The lowest BCUT2D eigenvalue weighted by Crippen LogP contribution is -2.55. The minimum absolute atomic E-state index is 0.131. The standard InChI is InChI=1S/C18H21F3N2O/c1-9-14(2-3-15(22-9)18(19,20)21)17(24)23-16-12-5-10-4-11(7-12)8-13(16)6-10/h2-3,10-13,16H,4-8H2,1H3,(H,23,24). The lowest BCUT2D eigenvalue weighted by Gasteiger charge is -2.54. The summed E-state index contributed by atoms with van der Waals surface area (Å²) >= 11 is 0. The van der Waals surface area contributed by atoms with Crippen molar-refractivity contribution in [3.8, 4) is 0 Å². The number of hydrogen-bond donors (Lipinski definition) is 1. The number of nitrogens with one attached hydrogen (secondary N) is 1. The summed E-state index contributed by atoms with van der Waals surface area (Å²) in [4.78, 5) is 16.2. The van der Waals surface area contributed by atoms with E-state index in [0.717, 1.165) is 17.9 Å². The number of rotatable bonds is 2. The molecule has 0 spiro atoms. The van der Waals surface area contributed by atoms with Gasteiger partial charge in [-0.1, -0.05) is 0 Å². The first kappa shape index (κ1) is 15.9. The van der Waals surface area contributed by atoms with Crippen LogP contribution in [-0.2, 0) is 6.18 Å². The molecule has 0 radical (unpaired) electrons. The molecule has 1 heterocycles. The molecule has 24 heavy (non-hydrogen) atoms. The Bertz CT molecular complexity index is 643. The number of carbonyl (C=O) groups excluding carboxylic acids is 1. The van der Waals surface area contributed by atoms with Crippen LogP contribution in [0.3, 0.4) is 0 Å². The third-order valence-corrected chi connectivity index (χ3v) is 6.15. The first-order valence-electron chi connectivity index (χ1n) is 8.67. The summed E-state index contributed by atoms with van der Waals surface area (Å²) in [5.74, 6) is 2.41. The maximum Gasteiger partial charge on any atom is 0.433 e. The van der Waals surface area contributed by atoms with Crippen LogP contribution in [-0.4, -0.2) is 16.9 Å². The van der Waals surface area contributed by atoms with E-state index in [1.165, 1.54) is 45.1 Å². The Morgan fingerprint density at radius 2 is 1.67 bits per heavy atom. The Morgan fingerprint density at radius 3 is 2.17 bits per heavy atom. The Labute approximate surface area is 139 Å². The van der Waals surface area contributed by atoms with Crippen molar-refractivity contribution >= 4 is 5.91 Å². The summed E-state index contributed by atoms with van der Waals surface area (Å²) in [6.45, 7) is 1.46. The second kappa shape index (κ2) is 5.46. The molecule has 4 saturated carbocycles. The van der Waals surface area contributed by atoms with Gasteiger partial charge in [0.15, 0.2) is 0 Å². The van der Waals surface area contributed by atoms with Crippen LogP contribution in [0.2, 0.25) is 0 Å². The van der Waals surface area contributed by atoms with E-state index < -0.39 is 11.9 Å². The fraction of sp³-hybridized carbons (Fsp3) is 0.667. The molecule has 0 aliphatic heterocycles. The summed E-state index contributed by atoms with van der Waals surface area (Å²) in [6, 6.07) is 2.31. The number of alkyl halides is 3. The van der Waals surface area contributed by atoms with Crippen LogP contribution in [0.1, 0.15) is 53.8 Å². The summed E-state index contributed by atoms with van der Waals surface area (Å²) in [7, 11) is 0. The summed E-state index contributed by atoms with van der Waals surface area (Å²) in [6.07, 6.45) is 1.59. The van der Waals surface area contributed by atoms with Crippen LogP contribution < -0.4 is 5.32 Å². The highest BCUT2D eigenvalue weighted by Gasteiger charge is 2.48. The molecule has 0 aromatic carbocycles. The molecule has 5 rings (SSSR count). The number of nitrogens with zero attached hydrogens (tertiary/aromatic N) is 1. The van der Waals surface area contributed by atoms with Gasteiger partial charge in [-0.3, -0.25) is 4.79 Å². The second-order valence-corrected chi connectivity index (χ2v) is 7.76. The van der Waals surface area contributed by atoms with Gasteiger partial charge in [0.25, 0.3) is 5.91 Å². The van der Waals surface area contributed by atoms with Crippen molar-refractivity contribution in [3.63, 3.8) is 0 Å². The first-order valence-corrected chi connectivity index (χ1v) is 8.67. The minimum atomic E-state index is -4.48. The highest BCUT2D eigenvalue weighted by molar-refractivity contribution is 5.95. The largest absolute Gasteiger partial charge is 0.433 e. The number of hydrogen-bond acceptors (Lipinski definition) is 2. The monoisotopic (exact) mass is 338 g/mol. The molecule has 1 aromatic heterocycles. The molecule has 4 bridgehead atoms. The molecular weight excluding hydrogens is 317 g/mol. The lowest BCUT2D eigenvalue weighted by atomic mass is 9.54. The van der Waals surface area contributed by atoms with Crippen molar-refractivity contribution in [2.75, 3.05) is 0 Å². The number of amides is 1. The molecule has 4 fully saturated rings. The average molecular weight is 338 g/mol. The molecule has 1 amide bonds. The number of carbonyl (C=O) groups is 1. The molecule has 4 aliphatic rings. The van der Waals surface area contributed by atoms with Crippen LogP contribution in [0.25, 0.3) is 0 Å². The van der Waals surface area contributed by atoms with E-state index >= 15 is 0 Å². The normalized spacial score (nSPS) is 34.4. The molecule has 130 valence electrons. The van der Waals surface area contributed by atoms with E-state index in [9.17, 15) is 18.0 Å². The molecule has 0 unspecified atom stereocenters. The topological polar surface area (TPSA) is 42.0 Å². The Hall–Kier alpha value is -1.59. The van der Waals surface area contributed by atoms with E-state index in [-0.39, 0.29) is 23.2 Å². The summed E-state index contributed by atoms with van der Waals surface area (Å²) in [5.41, 5.74) is -0.575. The van der Waals surface area contributed by atoms with Gasteiger partial charge in [-0.25, -0.2) is 4.98 Å². The molecule has 4 aliphatic carbocycles. The minimum Gasteiger partial charge on any atom is -0.349 e. The van der Waals surface area contributed by atoms with Crippen molar-refractivity contribution in [3.05, 3.63) is 29.1 Å². The lowest BCUT2D eigenvalue weighted by molar-refractivity contribution is -0.141. The predicted octanol–water partition coefficient (Wildman–Crippen LogP) is 3.96. The van der Waals surface area contributed by atoms with E-state index in [2.05, 4.69) is 10.3 Å². The molecule has 0 saturated heterocycles. The van der Waals surface area contributed by atoms with Gasteiger partial charge in [0.1, 0.15) is 5.69 Å². The van der Waals surface area contributed by atoms with Crippen molar-refractivity contribution < 1.29 is 18.0 Å². The highest BCUT2D eigenvalue weighted by atomic mass is 19.4. The molecule has 1 aromatic rings. The smallest absolute Gasteiger partial charge is 0.349 e. The van der Waals surface area contributed by atoms with E-state index in [1.54, 1.807) is 0 Å². The fourth-order valence-electron chi connectivity index (χ4n) is 5.35. The van der Waals surface area contributed by atoms with Crippen LogP contribution >= 0.6 is 0 Å². The maximum absolute atomic E-state index is 12.7. The van der Waals surface area contributed by atoms with Gasteiger partial charge in [-0.15, -0.1) is 0 Å². The van der Waals surface area contributed by atoms with Crippen LogP contribution in [0.4, 0.5) is 13.2 Å². The molecule has 1 N–H and O–H groups in total. The van der Waals surface area contributed by atoms with Crippen molar-refractivity contribution in [1.82, 2.24) is 10.3 Å². The van der Waals surface area contributed by atoms with Gasteiger partial charge in [-0.05, 0) is 74.8 Å². The Balaban J connectivity index is 1.51. The highest BCUT2D eigenvalue weighted by Crippen LogP contribution is 2.53. The summed E-state index contributed by atoms with van der Waals surface area (Å²) < 4.78 is 38.1. The fourth-order valence-corrected chi connectivity index (χ4v) is 5.35. The zero-order valence-electron chi connectivity index (χ0n) is 13.6. The Kier molecular flexibility index (Phi) is 3.62. The molecule has 6 heteroatoms.